The molecule has 0 spiro atoms. The van der Waals surface area contributed by atoms with Crippen molar-refractivity contribution < 1.29 is 12.8 Å². The Balaban J connectivity index is 2.27. The molecule has 114 valence electrons. The minimum Gasteiger partial charge on any atom is -0.451 e. The number of furan rings is 1. The predicted octanol–water partition coefficient (Wildman–Crippen LogP) is 3.00. The van der Waals surface area contributed by atoms with Crippen LogP contribution in [0.1, 0.15) is 12.7 Å². The third-order valence-corrected chi connectivity index (χ3v) is 5.04. The molecule has 0 radical (unpaired) electrons. The van der Waals surface area contributed by atoms with Gasteiger partial charge in [0.25, 0.3) is 10.0 Å². The van der Waals surface area contributed by atoms with E-state index in [9.17, 15) is 8.42 Å². The maximum atomic E-state index is 12.3. The number of hydrogen-bond donors (Lipinski definition) is 2. The summed E-state index contributed by atoms with van der Waals surface area (Å²) in [7, 11) is -3.84. The lowest BCUT2D eigenvalue weighted by atomic mass is 10.4. The lowest BCUT2D eigenvalue weighted by molar-refractivity contribution is 0.464. The molecule has 0 unspecified atom stereocenters. The predicted molar refractivity (Wildman–Crippen MR) is 83.8 cm³/mol. The largest absolute Gasteiger partial charge is 0.451 e. The minimum atomic E-state index is -3.84. The molecule has 0 saturated carbocycles. The van der Waals surface area contributed by atoms with Gasteiger partial charge < -0.3 is 9.73 Å². The van der Waals surface area contributed by atoms with Gasteiger partial charge in [0.1, 0.15) is 10.7 Å². The molecule has 2 N–H and O–H groups in total. The molecule has 0 aliphatic heterocycles. The summed E-state index contributed by atoms with van der Waals surface area (Å²) in [5.74, 6) is 0.580. The first kappa shape index (κ1) is 16.3. The molecule has 0 aliphatic carbocycles. The molecule has 0 saturated heterocycles. The Kier molecular flexibility index (Phi) is 5.26. The molecule has 2 aromatic rings. The van der Waals surface area contributed by atoms with E-state index >= 15 is 0 Å². The molecule has 0 bridgehead atoms. The standard InChI is InChI=1S/C12H13BrClN3O3S/c1-2-15-7-8-6-10(11(13)20-8)21(18,19)17-12-9(14)4-3-5-16-12/h3-6,15H,2,7H2,1H3,(H,16,17). The highest BCUT2D eigenvalue weighted by Gasteiger charge is 2.23. The second-order valence-corrected chi connectivity index (χ2v) is 6.85. The highest BCUT2D eigenvalue weighted by molar-refractivity contribution is 9.10. The SMILES string of the molecule is CCNCc1cc(S(=O)(=O)Nc2ncccc2Cl)c(Br)o1. The van der Waals surface area contributed by atoms with Crippen LogP contribution >= 0.6 is 27.5 Å². The first-order chi connectivity index (χ1) is 9.94. The van der Waals surface area contributed by atoms with Crippen molar-refractivity contribution >= 4 is 43.4 Å². The molecular formula is C12H13BrClN3O3S. The average molecular weight is 395 g/mol. The summed E-state index contributed by atoms with van der Waals surface area (Å²) in [6.07, 6.45) is 1.45. The number of aromatic nitrogens is 1. The van der Waals surface area contributed by atoms with E-state index in [2.05, 4.69) is 31.0 Å². The Labute approximate surface area is 136 Å². The zero-order valence-corrected chi connectivity index (χ0v) is 14.2. The van der Waals surface area contributed by atoms with Crippen LogP contribution in [-0.2, 0) is 16.6 Å². The lowest BCUT2D eigenvalue weighted by Crippen LogP contribution is -2.14. The van der Waals surface area contributed by atoms with Crippen molar-refractivity contribution in [3.8, 4) is 0 Å². The second-order valence-electron chi connectivity index (χ2n) is 4.07. The topological polar surface area (TPSA) is 84.2 Å². The summed E-state index contributed by atoms with van der Waals surface area (Å²) < 4.78 is 32.5. The van der Waals surface area contributed by atoms with Gasteiger partial charge in [0.15, 0.2) is 10.5 Å². The fourth-order valence-electron chi connectivity index (χ4n) is 1.56. The van der Waals surface area contributed by atoms with Crippen molar-refractivity contribution in [3.05, 3.63) is 39.8 Å². The summed E-state index contributed by atoms with van der Waals surface area (Å²) in [6.45, 7) is 3.14. The maximum Gasteiger partial charge on any atom is 0.267 e. The van der Waals surface area contributed by atoms with Gasteiger partial charge in [-0.05, 0) is 34.6 Å². The molecule has 0 atom stereocenters. The summed E-state index contributed by atoms with van der Waals surface area (Å²) in [5.41, 5.74) is 0. The van der Waals surface area contributed by atoms with Crippen LogP contribution in [0, 0.1) is 0 Å². The zero-order valence-electron chi connectivity index (χ0n) is 11.1. The molecule has 2 aromatic heterocycles. The van der Waals surface area contributed by atoms with E-state index in [1.165, 1.54) is 12.3 Å². The number of sulfonamides is 1. The van der Waals surface area contributed by atoms with Crippen LogP contribution in [0.5, 0.6) is 0 Å². The third-order valence-electron chi connectivity index (χ3n) is 2.53. The molecule has 21 heavy (non-hydrogen) atoms. The van der Waals surface area contributed by atoms with E-state index in [4.69, 9.17) is 16.0 Å². The van der Waals surface area contributed by atoms with Crippen LogP contribution in [-0.4, -0.2) is 19.9 Å². The van der Waals surface area contributed by atoms with Crippen molar-refractivity contribution in [3.63, 3.8) is 0 Å². The zero-order chi connectivity index (χ0) is 15.5. The van der Waals surface area contributed by atoms with E-state index < -0.39 is 10.0 Å². The number of nitrogens with zero attached hydrogens (tertiary/aromatic N) is 1. The number of anilines is 1. The van der Waals surface area contributed by atoms with Crippen molar-refractivity contribution in [2.75, 3.05) is 11.3 Å². The molecular weight excluding hydrogens is 382 g/mol. The van der Waals surface area contributed by atoms with Crippen LogP contribution in [0.3, 0.4) is 0 Å². The first-order valence-electron chi connectivity index (χ1n) is 6.06. The summed E-state index contributed by atoms with van der Waals surface area (Å²) in [4.78, 5) is 3.89. The van der Waals surface area contributed by atoms with Crippen LogP contribution < -0.4 is 10.0 Å². The fourth-order valence-corrected chi connectivity index (χ4v) is 3.81. The average Bonchev–Trinajstić information content (AvgIpc) is 2.81. The van der Waals surface area contributed by atoms with Crippen molar-refractivity contribution in [1.29, 1.82) is 0 Å². The number of nitrogens with one attached hydrogen (secondary N) is 2. The van der Waals surface area contributed by atoms with Gasteiger partial charge in [-0.15, -0.1) is 0 Å². The van der Waals surface area contributed by atoms with Crippen molar-refractivity contribution in [1.82, 2.24) is 10.3 Å². The number of hydrogen-bond acceptors (Lipinski definition) is 5. The molecule has 0 aliphatic rings. The van der Waals surface area contributed by atoms with Gasteiger partial charge in [-0.2, -0.15) is 0 Å². The van der Waals surface area contributed by atoms with Gasteiger partial charge in [-0.1, -0.05) is 18.5 Å². The molecule has 0 amide bonds. The van der Waals surface area contributed by atoms with Gasteiger partial charge >= 0.3 is 0 Å². The Morgan fingerprint density at radius 2 is 2.24 bits per heavy atom. The monoisotopic (exact) mass is 393 g/mol. The summed E-state index contributed by atoms with van der Waals surface area (Å²) in [6, 6.07) is 4.61. The van der Waals surface area contributed by atoms with E-state index in [1.54, 1.807) is 12.1 Å². The Bertz CT molecular complexity index is 733. The maximum absolute atomic E-state index is 12.3. The van der Waals surface area contributed by atoms with E-state index in [0.717, 1.165) is 6.54 Å². The molecule has 0 aromatic carbocycles. The first-order valence-corrected chi connectivity index (χ1v) is 8.71. The molecule has 2 heterocycles. The smallest absolute Gasteiger partial charge is 0.267 e. The minimum absolute atomic E-state index is 0.00266. The van der Waals surface area contributed by atoms with E-state index in [-0.39, 0.29) is 20.4 Å². The van der Waals surface area contributed by atoms with Gasteiger partial charge in [0, 0.05) is 12.3 Å². The second kappa shape index (κ2) is 6.78. The summed E-state index contributed by atoms with van der Waals surface area (Å²) >= 11 is 9.01. The molecule has 6 nitrogen and oxygen atoms in total. The van der Waals surface area contributed by atoms with Gasteiger partial charge in [0.05, 0.1) is 11.6 Å². The molecule has 9 heteroatoms. The van der Waals surface area contributed by atoms with Crippen LogP contribution in [0.15, 0.2) is 38.4 Å². The lowest BCUT2D eigenvalue weighted by Gasteiger charge is -2.06. The normalized spacial score (nSPS) is 11.6. The van der Waals surface area contributed by atoms with Crippen molar-refractivity contribution in [2.24, 2.45) is 0 Å². The van der Waals surface area contributed by atoms with Gasteiger partial charge in [0.2, 0.25) is 0 Å². The highest BCUT2D eigenvalue weighted by Crippen LogP contribution is 2.29. The summed E-state index contributed by atoms with van der Waals surface area (Å²) in [5, 5.41) is 3.27. The number of rotatable bonds is 6. The van der Waals surface area contributed by atoms with Crippen LogP contribution in [0.4, 0.5) is 5.82 Å². The molecule has 2 rings (SSSR count). The molecule has 0 fully saturated rings. The van der Waals surface area contributed by atoms with E-state index in [1.807, 2.05) is 6.92 Å². The van der Waals surface area contributed by atoms with Crippen molar-refractivity contribution in [2.45, 2.75) is 18.4 Å². The Morgan fingerprint density at radius 1 is 1.48 bits per heavy atom. The quantitative estimate of drug-likeness (QED) is 0.787. The van der Waals surface area contributed by atoms with Crippen LogP contribution in [0.2, 0.25) is 5.02 Å². The third kappa shape index (κ3) is 3.97. The van der Waals surface area contributed by atoms with Gasteiger partial charge in [-0.3, -0.25) is 4.72 Å². The Hall–Kier alpha value is -1.09. The highest BCUT2D eigenvalue weighted by atomic mass is 79.9. The Morgan fingerprint density at radius 3 is 2.90 bits per heavy atom. The number of halogens is 2. The van der Waals surface area contributed by atoms with Crippen LogP contribution in [0.25, 0.3) is 0 Å². The van der Waals surface area contributed by atoms with E-state index in [0.29, 0.717) is 12.3 Å². The van der Waals surface area contributed by atoms with Gasteiger partial charge in [-0.25, -0.2) is 13.4 Å². The fraction of sp³-hybridized carbons (Fsp3) is 0.250. The number of pyridine rings is 1.